The second-order valence-electron chi connectivity index (χ2n) is 2.31. The molecule has 0 aromatic carbocycles. The highest BCUT2D eigenvalue weighted by atomic mass is 16.5. The fraction of sp³-hybridized carbons (Fsp3) is 0.500. The van der Waals surface area contributed by atoms with Gasteiger partial charge in [0.2, 0.25) is 5.91 Å². The van der Waals surface area contributed by atoms with Crippen molar-refractivity contribution in [1.29, 1.82) is 0 Å². The van der Waals surface area contributed by atoms with Crippen molar-refractivity contribution in [2.75, 3.05) is 13.7 Å². The predicted octanol–water partition coefficient (Wildman–Crippen LogP) is -0.222. The number of allylic oxidation sites excluding steroid dienone is 1. The van der Waals surface area contributed by atoms with E-state index in [0.717, 1.165) is 0 Å². The first-order valence-corrected chi connectivity index (χ1v) is 3.78. The molecule has 0 radical (unpaired) electrons. The number of aliphatic carboxylic acids is 1. The Kier molecular flexibility index (Phi) is 5.54. The Balaban J connectivity index is 3.85. The Hall–Kier alpha value is -1.36. The molecule has 74 valence electrons. The molecular formula is C8H13NO4. The first kappa shape index (κ1) is 11.6. The number of ether oxygens (including phenoxy) is 1. The smallest absolute Gasteiger partial charge is 0.334 e. The van der Waals surface area contributed by atoms with Crippen LogP contribution < -0.4 is 5.32 Å². The molecule has 0 saturated carbocycles. The number of hydrogen-bond donors (Lipinski definition) is 2. The lowest BCUT2D eigenvalue weighted by atomic mass is 10.3. The Morgan fingerprint density at radius 2 is 2.23 bits per heavy atom. The summed E-state index contributed by atoms with van der Waals surface area (Å²) in [5, 5.41) is 10.9. The van der Waals surface area contributed by atoms with Gasteiger partial charge in [0.05, 0.1) is 6.54 Å². The average molecular weight is 187 g/mol. The Bertz CT molecular complexity index is 212. The zero-order valence-electron chi connectivity index (χ0n) is 7.61. The lowest BCUT2D eigenvalue weighted by Crippen LogP contribution is -2.37. The molecule has 0 bridgehead atoms. The number of carbonyl (C=O) groups is 2. The van der Waals surface area contributed by atoms with E-state index in [1.165, 1.54) is 13.2 Å². The highest BCUT2D eigenvalue weighted by molar-refractivity contribution is 5.87. The molecule has 0 aromatic rings. The van der Waals surface area contributed by atoms with E-state index in [9.17, 15) is 9.59 Å². The molecule has 0 aliphatic carbocycles. The molecular weight excluding hydrogens is 174 g/mol. The molecule has 0 fully saturated rings. The zero-order chi connectivity index (χ0) is 10.3. The van der Waals surface area contributed by atoms with Crippen LogP contribution in [0.2, 0.25) is 0 Å². The van der Waals surface area contributed by atoms with Crippen LogP contribution in [0.3, 0.4) is 0 Å². The van der Waals surface area contributed by atoms with Crippen LogP contribution in [-0.4, -0.2) is 36.7 Å². The van der Waals surface area contributed by atoms with Crippen LogP contribution in [0.5, 0.6) is 0 Å². The van der Waals surface area contributed by atoms with Crippen molar-refractivity contribution in [1.82, 2.24) is 5.32 Å². The minimum absolute atomic E-state index is 0.0327. The van der Waals surface area contributed by atoms with Gasteiger partial charge in [0, 0.05) is 7.11 Å². The van der Waals surface area contributed by atoms with Gasteiger partial charge < -0.3 is 15.2 Å². The van der Waals surface area contributed by atoms with Crippen LogP contribution >= 0.6 is 0 Å². The van der Waals surface area contributed by atoms with Crippen molar-refractivity contribution in [2.45, 2.75) is 13.0 Å². The van der Waals surface area contributed by atoms with Crippen LogP contribution in [0.15, 0.2) is 12.2 Å². The Morgan fingerprint density at radius 3 is 2.62 bits per heavy atom. The summed E-state index contributed by atoms with van der Waals surface area (Å²) >= 11 is 0. The molecule has 0 heterocycles. The third kappa shape index (κ3) is 4.97. The number of nitrogens with one attached hydrogen (secondary N) is 1. The van der Waals surface area contributed by atoms with Crippen LogP contribution in [0.1, 0.15) is 6.92 Å². The first-order valence-electron chi connectivity index (χ1n) is 3.78. The molecule has 5 nitrogen and oxygen atoms in total. The van der Waals surface area contributed by atoms with Gasteiger partial charge in [-0.15, -0.1) is 0 Å². The molecule has 0 spiro atoms. The quantitative estimate of drug-likeness (QED) is 0.583. The Labute approximate surface area is 76.4 Å². The highest BCUT2D eigenvalue weighted by Crippen LogP contribution is 1.87. The molecule has 1 amide bonds. The molecule has 1 unspecified atom stereocenters. The molecule has 0 aromatic heterocycles. The van der Waals surface area contributed by atoms with Crippen molar-refractivity contribution in [2.24, 2.45) is 0 Å². The summed E-state index contributed by atoms with van der Waals surface area (Å²) in [4.78, 5) is 21.2. The summed E-state index contributed by atoms with van der Waals surface area (Å²) in [5.41, 5.74) is 0. The van der Waals surface area contributed by atoms with Crippen LogP contribution in [-0.2, 0) is 14.3 Å². The van der Waals surface area contributed by atoms with Crippen molar-refractivity contribution < 1.29 is 19.4 Å². The van der Waals surface area contributed by atoms with Crippen molar-refractivity contribution in [3.63, 3.8) is 0 Å². The third-order valence-corrected chi connectivity index (χ3v) is 1.34. The maximum Gasteiger partial charge on any atom is 0.334 e. The monoisotopic (exact) mass is 187 g/mol. The van der Waals surface area contributed by atoms with Crippen molar-refractivity contribution in [3.8, 4) is 0 Å². The largest absolute Gasteiger partial charge is 0.479 e. The maximum absolute atomic E-state index is 10.8. The number of carboxylic acid groups (broad SMARTS) is 1. The maximum atomic E-state index is 10.8. The molecule has 0 aliphatic rings. The summed E-state index contributed by atoms with van der Waals surface area (Å²) in [6, 6.07) is 0. The summed E-state index contributed by atoms with van der Waals surface area (Å²) in [6.45, 7) is 1.67. The fourth-order valence-electron chi connectivity index (χ4n) is 0.675. The van der Waals surface area contributed by atoms with Crippen LogP contribution in [0, 0.1) is 0 Å². The number of carbonyl (C=O) groups excluding carboxylic acids is 1. The minimum Gasteiger partial charge on any atom is -0.479 e. The topological polar surface area (TPSA) is 75.6 Å². The molecule has 5 heteroatoms. The van der Waals surface area contributed by atoms with Gasteiger partial charge in [0.15, 0.2) is 6.10 Å². The number of hydrogen-bond acceptors (Lipinski definition) is 3. The predicted molar refractivity (Wildman–Crippen MR) is 46.3 cm³/mol. The molecule has 2 N–H and O–H groups in total. The molecule has 0 aliphatic heterocycles. The van der Waals surface area contributed by atoms with E-state index < -0.39 is 12.1 Å². The van der Waals surface area contributed by atoms with Gasteiger partial charge >= 0.3 is 5.97 Å². The SMILES string of the molecule is C/C=C/C(=O)NCC(OC)C(=O)O. The minimum atomic E-state index is -1.09. The van der Waals surface area contributed by atoms with Gasteiger partial charge in [-0.25, -0.2) is 4.79 Å². The molecule has 0 saturated heterocycles. The number of amides is 1. The molecule has 0 rings (SSSR count). The Morgan fingerprint density at radius 1 is 1.62 bits per heavy atom. The van der Waals surface area contributed by atoms with Crippen LogP contribution in [0.4, 0.5) is 0 Å². The summed E-state index contributed by atoms with van der Waals surface area (Å²) in [7, 11) is 1.28. The van der Waals surface area contributed by atoms with E-state index in [4.69, 9.17) is 5.11 Å². The van der Waals surface area contributed by atoms with E-state index in [1.807, 2.05) is 0 Å². The van der Waals surface area contributed by atoms with Gasteiger partial charge in [-0.3, -0.25) is 4.79 Å². The summed E-state index contributed by atoms with van der Waals surface area (Å²) < 4.78 is 4.60. The second-order valence-corrected chi connectivity index (χ2v) is 2.31. The zero-order valence-corrected chi connectivity index (χ0v) is 7.61. The van der Waals surface area contributed by atoms with Gasteiger partial charge in [0.1, 0.15) is 0 Å². The fourth-order valence-corrected chi connectivity index (χ4v) is 0.675. The molecule has 1 atom stereocenters. The van der Waals surface area contributed by atoms with Gasteiger partial charge in [-0.2, -0.15) is 0 Å². The van der Waals surface area contributed by atoms with Gasteiger partial charge in [-0.05, 0) is 13.0 Å². The highest BCUT2D eigenvalue weighted by Gasteiger charge is 2.15. The van der Waals surface area contributed by atoms with E-state index >= 15 is 0 Å². The number of methoxy groups -OCH3 is 1. The second kappa shape index (κ2) is 6.19. The van der Waals surface area contributed by atoms with Crippen LogP contribution in [0.25, 0.3) is 0 Å². The van der Waals surface area contributed by atoms with Gasteiger partial charge in [-0.1, -0.05) is 6.08 Å². The van der Waals surface area contributed by atoms with Crippen molar-refractivity contribution >= 4 is 11.9 Å². The lowest BCUT2D eigenvalue weighted by Gasteiger charge is -2.09. The third-order valence-electron chi connectivity index (χ3n) is 1.34. The van der Waals surface area contributed by atoms with Gasteiger partial charge in [0.25, 0.3) is 0 Å². The van der Waals surface area contributed by atoms with E-state index in [0.29, 0.717) is 0 Å². The summed E-state index contributed by atoms with van der Waals surface area (Å²) in [6.07, 6.45) is 1.89. The standard InChI is InChI=1S/C8H13NO4/c1-3-4-7(10)9-5-6(13-2)8(11)12/h3-4,6H,5H2,1-2H3,(H,9,10)(H,11,12)/b4-3+. The average Bonchev–Trinajstić information content (AvgIpc) is 2.05. The lowest BCUT2D eigenvalue weighted by molar-refractivity contribution is -0.148. The van der Waals surface area contributed by atoms with E-state index in [2.05, 4.69) is 10.1 Å². The van der Waals surface area contributed by atoms with Crippen molar-refractivity contribution in [3.05, 3.63) is 12.2 Å². The van der Waals surface area contributed by atoms with E-state index in [1.54, 1.807) is 13.0 Å². The number of rotatable bonds is 5. The summed E-state index contributed by atoms with van der Waals surface area (Å²) in [5.74, 6) is -1.42. The number of carboxylic acids is 1. The first-order chi connectivity index (χ1) is 6.11. The van der Waals surface area contributed by atoms with E-state index in [-0.39, 0.29) is 12.5 Å². The normalized spacial score (nSPS) is 12.8. The molecule has 13 heavy (non-hydrogen) atoms.